The number of carbonyl (C=O) groups excluding carboxylic acids is 3. The van der Waals surface area contributed by atoms with Gasteiger partial charge >= 0.3 is 11.9 Å². The summed E-state index contributed by atoms with van der Waals surface area (Å²) in [5, 5.41) is 26.0. The van der Waals surface area contributed by atoms with Gasteiger partial charge in [0.05, 0.1) is 12.4 Å². The smallest absolute Gasteiger partial charge is 0.326 e. The van der Waals surface area contributed by atoms with Gasteiger partial charge in [-0.3, -0.25) is 29.2 Å². The van der Waals surface area contributed by atoms with Crippen molar-refractivity contribution in [3.8, 4) is 0 Å². The van der Waals surface area contributed by atoms with E-state index in [1.807, 2.05) is 0 Å². The fourth-order valence-electron chi connectivity index (χ4n) is 3.60. The monoisotopic (exact) mass is 596 g/mol. The zero-order valence-corrected chi connectivity index (χ0v) is 23.0. The van der Waals surface area contributed by atoms with Crippen molar-refractivity contribution in [2.75, 3.05) is 13.1 Å². The predicted octanol–water partition coefficient (Wildman–Crippen LogP) is -4.21. The Labute approximate surface area is 241 Å². The minimum atomic E-state index is -1.37. The summed E-state index contributed by atoms with van der Waals surface area (Å²) in [5.74, 6) is -5.30. The van der Waals surface area contributed by atoms with Crippen molar-refractivity contribution >= 4 is 41.6 Å². The summed E-state index contributed by atoms with van der Waals surface area (Å²) in [6.07, 6.45) is 2.56. The highest BCUT2D eigenvalue weighted by atomic mass is 16.4. The van der Waals surface area contributed by atoms with Crippen LogP contribution in [-0.2, 0) is 30.4 Å². The summed E-state index contributed by atoms with van der Waals surface area (Å²) < 4.78 is 0. The van der Waals surface area contributed by atoms with Crippen molar-refractivity contribution in [2.45, 2.75) is 69.1 Å². The number of H-pyrrole nitrogens is 1. The second kappa shape index (κ2) is 18.4. The standard InChI is InChI=1S/C23H40N12O7/c24-13(3-1-7-30-22(25)26)18(38)33-15(5-6-17(36)37)20(40)34-14(4-2-8-31-23(27)28)19(39)35-16(21(41)42)9-12-10-29-11-32-12/h10-11,13-16H,1-9,24H2,(H,29,32)(H,33,38)(H,34,40)(H,35,39)(H,36,37)(H,41,42)(H4,25,26,30)(H4,27,28,31). The Morgan fingerprint density at radius 1 is 0.810 bits per heavy atom. The molecular formula is C23H40N12O7. The summed E-state index contributed by atoms with van der Waals surface area (Å²) in [5.41, 5.74) is 27.5. The Balaban J connectivity index is 3.03. The number of nitrogens with one attached hydrogen (secondary N) is 4. The van der Waals surface area contributed by atoms with E-state index in [2.05, 4.69) is 35.9 Å². The van der Waals surface area contributed by atoms with Crippen molar-refractivity contribution in [3.05, 3.63) is 18.2 Å². The average Bonchev–Trinajstić information content (AvgIpc) is 3.42. The summed E-state index contributed by atoms with van der Waals surface area (Å²) >= 11 is 0. The van der Waals surface area contributed by atoms with E-state index in [0.29, 0.717) is 12.1 Å². The van der Waals surface area contributed by atoms with Gasteiger partial charge in [-0.05, 0) is 32.1 Å². The van der Waals surface area contributed by atoms with Crippen LogP contribution in [0.25, 0.3) is 0 Å². The maximum absolute atomic E-state index is 13.2. The van der Waals surface area contributed by atoms with Crippen LogP contribution >= 0.6 is 0 Å². The lowest BCUT2D eigenvalue weighted by Crippen LogP contribution is -2.57. The second-order valence-corrected chi connectivity index (χ2v) is 9.24. The Morgan fingerprint density at radius 3 is 1.83 bits per heavy atom. The number of aliphatic carboxylic acids is 2. The van der Waals surface area contributed by atoms with Crippen LogP contribution in [0.1, 0.15) is 44.2 Å². The van der Waals surface area contributed by atoms with Crippen molar-refractivity contribution in [3.63, 3.8) is 0 Å². The molecule has 0 radical (unpaired) electrons. The Morgan fingerprint density at radius 2 is 1.33 bits per heavy atom. The third kappa shape index (κ3) is 14.4. The lowest BCUT2D eigenvalue weighted by atomic mass is 10.1. The number of nitrogens with zero attached hydrogens (tertiary/aromatic N) is 3. The number of aromatic nitrogens is 2. The molecule has 0 fully saturated rings. The second-order valence-electron chi connectivity index (χ2n) is 9.24. The highest BCUT2D eigenvalue weighted by molar-refractivity contribution is 5.94. The maximum atomic E-state index is 13.2. The number of hydrogen-bond acceptors (Lipinski definition) is 9. The van der Waals surface area contributed by atoms with Gasteiger partial charge in [-0.25, -0.2) is 9.78 Å². The molecule has 19 nitrogen and oxygen atoms in total. The highest BCUT2D eigenvalue weighted by Gasteiger charge is 2.30. The topological polar surface area (TPSA) is 345 Å². The molecule has 0 bridgehead atoms. The van der Waals surface area contributed by atoms with E-state index >= 15 is 0 Å². The Kier molecular flexibility index (Phi) is 15.4. The number of carbonyl (C=O) groups is 5. The molecule has 3 amide bonds. The molecule has 4 atom stereocenters. The van der Waals surface area contributed by atoms with Crippen LogP contribution in [0.3, 0.4) is 0 Å². The molecule has 0 aliphatic carbocycles. The van der Waals surface area contributed by atoms with Crippen molar-refractivity contribution in [1.82, 2.24) is 25.9 Å². The first kappa shape index (κ1) is 35.1. The van der Waals surface area contributed by atoms with Gasteiger partial charge in [0.1, 0.15) is 18.1 Å². The van der Waals surface area contributed by atoms with Crippen molar-refractivity contribution in [1.29, 1.82) is 0 Å². The van der Waals surface area contributed by atoms with Gasteiger partial charge in [-0.15, -0.1) is 0 Å². The number of aliphatic imine (C=N–C) groups is 2. The van der Waals surface area contributed by atoms with E-state index in [9.17, 15) is 29.1 Å². The van der Waals surface area contributed by atoms with Gasteiger partial charge in [0.2, 0.25) is 17.7 Å². The molecule has 0 saturated heterocycles. The zero-order chi connectivity index (χ0) is 31.7. The van der Waals surface area contributed by atoms with Crippen molar-refractivity contribution in [2.24, 2.45) is 38.7 Å². The molecule has 0 aliphatic rings. The minimum absolute atomic E-state index is 0.0192. The van der Waals surface area contributed by atoms with Crippen LogP contribution < -0.4 is 44.6 Å². The SMILES string of the molecule is NC(N)=NCCCC(N)C(=O)NC(CCC(=O)O)C(=O)NC(CCCN=C(N)N)C(=O)NC(Cc1cnc[nH]1)C(=O)O. The largest absolute Gasteiger partial charge is 0.481 e. The summed E-state index contributed by atoms with van der Waals surface area (Å²) in [4.78, 5) is 76.1. The molecule has 1 rings (SSSR count). The Hall–Kier alpha value is -4.94. The first-order valence-electron chi connectivity index (χ1n) is 13.0. The van der Waals surface area contributed by atoms with Gasteiger partial charge in [0, 0.05) is 37.8 Å². The number of hydrogen-bond donors (Lipinski definition) is 11. The molecule has 234 valence electrons. The summed E-state index contributed by atoms with van der Waals surface area (Å²) in [6, 6.07) is -5.08. The van der Waals surface area contributed by atoms with Gasteiger partial charge < -0.3 is 59.8 Å². The quantitative estimate of drug-likeness (QED) is 0.0386. The lowest BCUT2D eigenvalue weighted by Gasteiger charge is -2.25. The van der Waals surface area contributed by atoms with Crippen LogP contribution in [-0.4, -0.2) is 99.0 Å². The van der Waals surface area contributed by atoms with E-state index in [4.69, 9.17) is 33.8 Å². The molecular weight excluding hydrogens is 556 g/mol. The molecule has 1 aromatic heterocycles. The minimum Gasteiger partial charge on any atom is -0.481 e. The molecule has 4 unspecified atom stereocenters. The third-order valence-corrected chi connectivity index (χ3v) is 5.76. The number of rotatable bonds is 20. The molecule has 42 heavy (non-hydrogen) atoms. The number of aromatic amines is 1. The van der Waals surface area contributed by atoms with Crippen molar-refractivity contribution < 1.29 is 34.2 Å². The molecule has 0 saturated carbocycles. The van der Waals surface area contributed by atoms with E-state index in [1.54, 1.807) is 0 Å². The van der Waals surface area contributed by atoms with E-state index in [1.165, 1.54) is 12.5 Å². The summed E-state index contributed by atoms with van der Waals surface area (Å²) in [6.45, 7) is 0.326. The van der Waals surface area contributed by atoms with Crippen LogP contribution in [0.4, 0.5) is 0 Å². The van der Waals surface area contributed by atoms with Crippen LogP contribution in [0, 0.1) is 0 Å². The molecule has 0 spiro atoms. The fourth-order valence-corrected chi connectivity index (χ4v) is 3.60. The molecule has 19 heteroatoms. The number of guanidine groups is 2. The van der Waals surface area contributed by atoms with E-state index < -0.39 is 60.2 Å². The third-order valence-electron chi connectivity index (χ3n) is 5.76. The number of carboxylic acid groups (broad SMARTS) is 2. The van der Waals surface area contributed by atoms with Crippen LogP contribution in [0.15, 0.2) is 22.5 Å². The number of imidazole rings is 1. The fraction of sp³-hybridized carbons (Fsp3) is 0.565. The molecule has 0 aromatic carbocycles. The first-order chi connectivity index (χ1) is 19.8. The van der Waals surface area contributed by atoms with Gasteiger partial charge in [-0.1, -0.05) is 0 Å². The van der Waals surface area contributed by atoms with Gasteiger partial charge in [0.15, 0.2) is 11.9 Å². The first-order valence-corrected chi connectivity index (χ1v) is 13.0. The van der Waals surface area contributed by atoms with Crippen LogP contribution in [0.5, 0.6) is 0 Å². The average molecular weight is 597 g/mol. The summed E-state index contributed by atoms with van der Waals surface area (Å²) in [7, 11) is 0. The van der Waals surface area contributed by atoms with E-state index in [-0.39, 0.29) is 57.1 Å². The molecule has 1 aromatic rings. The van der Waals surface area contributed by atoms with E-state index in [0.717, 1.165) is 0 Å². The highest BCUT2D eigenvalue weighted by Crippen LogP contribution is 2.07. The number of amides is 3. The Bertz CT molecular complexity index is 1100. The molecule has 0 aliphatic heterocycles. The normalized spacial score (nSPS) is 13.5. The number of nitrogens with two attached hydrogens (primary N) is 5. The van der Waals surface area contributed by atoms with Gasteiger partial charge in [0.25, 0.3) is 0 Å². The van der Waals surface area contributed by atoms with Gasteiger partial charge in [-0.2, -0.15) is 0 Å². The zero-order valence-electron chi connectivity index (χ0n) is 23.0. The number of carboxylic acids is 2. The lowest BCUT2D eigenvalue weighted by molar-refractivity contribution is -0.142. The van der Waals surface area contributed by atoms with Crippen LogP contribution in [0.2, 0.25) is 0 Å². The molecule has 1 heterocycles. The maximum Gasteiger partial charge on any atom is 0.326 e. The molecule has 16 N–H and O–H groups in total. The predicted molar refractivity (Wildman–Crippen MR) is 150 cm³/mol.